The predicted molar refractivity (Wildman–Crippen MR) is 167 cm³/mol. The van der Waals surface area contributed by atoms with Crippen molar-refractivity contribution < 1.29 is 9.47 Å². The average Bonchev–Trinajstić information content (AvgIpc) is 3.47. The molecule has 0 aliphatic carbocycles. The highest BCUT2D eigenvalue weighted by molar-refractivity contribution is 5.99. The molecule has 41 heavy (non-hydrogen) atoms. The van der Waals surface area contributed by atoms with Gasteiger partial charge in [-0.15, -0.1) is 0 Å². The molecule has 0 saturated carbocycles. The maximum atomic E-state index is 6.91. The van der Waals surface area contributed by atoms with E-state index in [-0.39, 0.29) is 12.1 Å². The fraction of sp³-hybridized carbons (Fsp3) is 0.297. The molecule has 0 saturated heterocycles. The first-order valence-electron chi connectivity index (χ1n) is 14.5. The zero-order valence-corrected chi connectivity index (χ0v) is 24.8. The minimum absolute atomic E-state index is 0.124. The summed E-state index contributed by atoms with van der Waals surface area (Å²) >= 11 is 0. The van der Waals surface area contributed by atoms with Crippen molar-refractivity contribution in [3.63, 3.8) is 0 Å². The number of aliphatic imine (C=N–C) groups is 2. The van der Waals surface area contributed by atoms with E-state index in [1.165, 1.54) is 22.3 Å². The highest BCUT2D eigenvalue weighted by Crippen LogP contribution is 2.46. The van der Waals surface area contributed by atoms with Gasteiger partial charge in [-0.1, -0.05) is 119 Å². The molecule has 0 aromatic heterocycles. The van der Waals surface area contributed by atoms with Gasteiger partial charge < -0.3 is 9.47 Å². The average molecular weight is 543 g/mol. The van der Waals surface area contributed by atoms with Gasteiger partial charge >= 0.3 is 0 Å². The van der Waals surface area contributed by atoms with Crippen molar-refractivity contribution in [1.29, 1.82) is 0 Å². The number of benzene rings is 4. The third-order valence-electron chi connectivity index (χ3n) is 8.63. The van der Waals surface area contributed by atoms with Crippen LogP contribution in [0.5, 0.6) is 0 Å². The Morgan fingerprint density at radius 1 is 0.463 bits per heavy atom. The van der Waals surface area contributed by atoms with Gasteiger partial charge in [0.25, 0.3) is 0 Å². The number of hydrogen-bond acceptors (Lipinski definition) is 4. The van der Waals surface area contributed by atoms with Crippen LogP contribution >= 0.6 is 0 Å². The first-order valence-corrected chi connectivity index (χ1v) is 14.5. The van der Waals surface area contributed by atoms with Gasteiger partial charge in [0, 0.05) is 22.3 Å². The molecule has 4 nitrogen and oxygen atoms in total. The highest BCUT2D eigenvalue weighted by Gasteiger charge is 2.50. The molecule has 4 heteroatoms. The molecule has 0 spiro atoms. The number of ether oxygens (including phenoxy) is 2. The Balaban J connectivity index is 1.34. The molecule has 0 amide bonds. The first-order chi connectivity index (χ1) is 19.7. The molecule has 0 N–H and O–H groups in total. The third-order valence-corrected chi connectivity index (χ3v) is 8.63. The molecule has 2 aliphatic heterocycles. The van der Waals surface area contributed by atoms with Crippen molar-refractivity contribution in [3.8, 4) is 0 Å². The monoisotopic (exact) mass is 542 g/mol. The van der Waals surface area contributed by atoms with E-state index in [0.29, 0.717) is 18.2 Å². The molecular formula is C37H38N2O2. The Kier molecular flexibility index (Phi) is 6.81. The molecule has 208 valence electrons. The van der Waals surface area contributed by atoms with E-state index in [2.05, 4.69) is 139 Å². The Bertz CT molecular complexity index is 1380. The van der Waals surface area contributed by atoms with E-state index >= 15 is 0 Å². The van der Waals surface area contributed by atoms with Gasteiger partial charge in [-0.25, -0.2) is 9.98 Å². The molecule has 0 radical (unpaired) electrons. The molecule has 6 rings (SSSR count). The van der Waals surface area contributed by atoms with Crippen LogP contribution in [0.25, 0.3) is 0 Å². The lowest BCUT2D eigenvalue weighted by atomic mass is 9.80. The van der Waals surface area contributed by atoms with E-state index in [9.17, 15) is 0 Å². The number of hydrogen-bond donors (Lipinski definition) is 0. The van der Waals surface area contributed by atoms with Crippen molar-refractivity contribution in [2.24, 2.45) is 9.98 Å². The third kappa shape index (κ3) is 4.65. The summed E-state index contributed by atoms with van der Waals surface area (Å²) < 4.78 is 13.8. The van der Waals surface area contributed by atoms with E-state index in [4.69, 9.17) is 19.5 Å². The van der Waals surface area contributed by atoms with Crippen LogP contribution in [0.15, 0.2) is 107 Å². The first kappa shape index (κ1) is 27.0. The second-order valence-corrected chi connectivity index (χ2v) is 11.7. The van der Waals surface area contributed by atoms with Crippen LogP contribution in [0, 0.1) is 27.7 Å². The molecule has 0 unspecified atom stereocenters. The summed E-state index contributed by atoms with van der Waals surface area (Å²) in [5.74, 6) is 1.29. The lowest BCUT2D eigenvalue weighted by molar-refractivity contribution is 0.0926. The van der Waals surface area contributed by atoms with Gasteiger partial charge in [0.2, 0.25) is 0 Å². The fourth-order valence-corrected chi connectivity index (χ4v) is 6.24. The molecule has 0 fully saturated rings. The number of aryl methyl sites for hydroxylation is 4. The largest absolute Gasteiger partial charge is 0.462 e. The Morgan fingerprint density at radius 2 is 0.707 bits per heavy atom. The zero-order chi connectivity index (χ0) is 28.8. The van der Waals surface area contributed by atoms with E-state index < -0.39 is 11.2 Å². The second-order valence-electron chi connectivity index (χ2n) is 11.7. The molecule has 4 aromatic carbocycles. The summed E-state index contributed by atoms with van der Waals surface area (Å²) in [6.07, 6.45) is 0.396. The molecule has 2 heterocycles. The van der Waals surface area contributed by atoms with Crippen molar-refractivity contribution in [3.05, 3.63) is 142 Å². The minimum atomic E-state index is -0.716. The van der Waals surface area contributed by atoms with Gasteiger partial charge in [0.15, 0.2) is 23.0 Å². The van der Waals surface area contributed by atoms with Crippen LogP contribution in [0.1, 0.15) is 64.8 Å². The van der Waals surface area contributed by atoms with Gasteiger partial charge in [0.05, 0.1) is 18.5 Å². The smallest absolute Gasteiger partial charge is 0.194 e. The van der Waals surface area contributed by atoms with Crippen LogP contribution in [-0.2, 0) is 20.7 Å². The van der Waals surface area contributed by atoms with Crippen LogP contribution in [0.2, 0.25) is 0 Å². The van der Waals surface area contributed by atoms with Crippen LogP contribution < -0.4 is 0 Å². The van der Waals surface area contributed by atoms with Crippen LogP contribution in [0.3, 0.4) is 0 Å². The van der Waals surface area contributed by atoms with Gasteiger partial charge in [-0.3, -0.25) is 0 Å². The molecular weight excluding hydrogens is 504 g/mol. The van der Waals surface area contributed by atoms with Crippen molar-refractivity contribution in [2.45, 2.75) is 71.2 Å². The highest BCUT2D eigenvalue weighted by atomic mass is 16.5. The van der Waals surface area contributed by atoms with Crippen LogP contribution in [-0.4, -0.2) is 23.9 Å². The maximum absolute atomic E-state index is 6.91. The lowest BCUT2D eigenvalue weighted by Gasteiger charge is -2.34. The van der Waals surface area contributed by atoms with E-state index in [0.717, 1.165) is 22.3 Å². The summed E-state index contributed by atoms with van der Waals surface area (Å²) in [6.45, 7) is 12.7. The summed E-state index contributed by atoms with van der Waals surface area (Å²) in [6, 6.07) is 34.2. The summed E-state index contributed by atoms with van der Waals surface area (Å²) in [7, 11) is 0. The van der Waals surface area contributed by atoms with Gasteiger partial charge in [0.1, 0.15) is 0 Å². The minimum Gasteiger partial charge on any atom is -0.462 e. The Labute approximate surface area is 243 Å². The van der Waals surface area contributed by atoms with Crippen molar-refractivity contribution >= 4 is 11.8 Å². The number of rotatable bonds is 6. The van der Waals surface area contributed by atoms with E-state index in [1.807, 2.05) is 0 Å². The van der Waals surface area contributed by atoms with Gasteiger partial charge in [-0.2, -0.15) is 0 Å². The zero-order valence-electron chi connectivity index (χ0n) is 24.8. The lowest BCUT2D eigenvalue weighted by Crippen LogP contribution is -2.38. The maximum Gasteiger partial charge on any atom is 0.194 e. The Hall–Kier alpha value is -4.18. The second kappa shape index (κ2) is 10.3. The van der Waals surface area contributed by atoms with Gasteiger partial charge in [-0.05, 0) is 41.5 Å². The summed E-state index contributed by atoms with van der Waals surface area (Å²) in [5.41, 5.74) is 7.79. The van der Waals surface area contributed by atoms with Crippen molar-refractivity contribution in [2.75, 3.05) is 0 Å². The quantitative estimate of drug-likeness (QED) is 0.247. The summed E-state index contributed by atoms with van der Waals surface area (Å²) in [5, 5.41) is 0. The predicted octanol–water partition coefficient (Wildman–Crippen LogP) is 8.13. The standard InChI is InChI=1S/C37H38N2O2/c1-24-7-15-30(16-8-24)36(31-17-9-25(2)10-18-31)28(5)38-34(40-36)23-35-39-29(6)37(41-35,32-19-11-26(3)12-20-32)33-21-13-27(4)14-22-33/h7-22,28-29H,23H2,1-6H3/t28-,29-/m1/s1. The molecule has 2 aliphatic rings. The van der Waals surface area contributed by atoms with Crippen molar-refractivity contribution in [1.82, 2.24) is 0 Å². The molecule has 0 bridgehead atoms. The molecule has 2 atom stereocenters. The fourth-order valence-electron chi connectivity index (χ4n) is 6.24. The van der Waals surface area contributed by atoms with E-state index in [1.54, 1.807) is 0 Å². The van der Waals surface area contributed by atoms with Crippen LogP contribution in [0.4, 0.5) is 0 Å². The molecule has 4 aromatic rings. The Morgan fingerprint density at radius 3 is 0.951 bits per heavy atom. The SMILES string of the molecule is Cc1ccc(C2(c3ccc(C)cc3)OC(CC3=N[C@H](C)C(c4ccc(C)cc4)(c4ccc(C)cc4)O3)=N[C@@H]2C)cc1. The summed E-state index contributed by atoms with van der Waals surface area (Å²) in [4.78, 5) is 10.2. The number of nitrogens with zero attached hydrogens (tertiary/aromatic N) is 2. The topological polar surface area (TPSA) is 43.2 Å². The normalized spacial score (nSPS) is 20.6.